The van der Waals surface area contributed by atoms with Crippen molar-refractivity contribution >= 4 is 27.5 Å². The summed E-state index contributed by atoms with van der Waals surface area (Å²) < 4.78 is 1.00. The van der Waals surface area contributed by atoms with E-state index in [2.05, 4.69) is 39.1 Å². The number of rotatable bonds is 2. The molecule has 1 amide bonds. The Balaban J connectivity index is 2.37. The van der Waals surface area contributed by atoms with Crippen LogP contribution in [-0.2, 0) is 4.79 Å². The van der Waals surface area contributed by atoms with Crippen LogP contribution in [0.5, 0.6) is 0 Å². The van der Waals surface area contributed by atoms with Gasteiger partial charge in [-0.3, -0.25) is 4.79 Å². The number of nitrogens with zero attached hydrogens (tertiary/aromatic N) is 2. The predicted molar refractivity (Wildman–Crippen MR) is 77.7 cm³/mol. The Hall–Kier alpha value is -1.54. The summed E-state index contributed by atoms with van der Waals surface area (Å²) in [5, 5.41) is 11.8. The van der Waals surface area contributed by atoms with Crippen LogP contribution in [0.25, 0.3) is 0 Å². The molecule has 0 bridgehead atoms. The fourth-order valence-corrected chi connectivity index (χ4v) is 2.68. The Morgan fingerprint density at radius 2 is 2.16 bits per heavy atom. The lowest BCUT2D eigenvalue weighted by Crippen LogP contribution is -2.47. The molecule has 2 atom stereocenters. The van der Waals surface area contributed by atoms with Gasteiger partial charge >= 0.3 is 0 Å². The van der Waals surface area contributed by atoms with E-state index in [0.29, 0.717) is 6.54 Å². The van der Waals surface area contributed by atoms with Crippen molar-refractivity contribution in [2.45, 2.75) is 31.8 Å². The van der Waals surface area contributed by atoms with E-state index in [0.717, 1.165) is 16.6 Å². The highest BCUT2D eigenvalue weighted by molar-refractivity contribution is 9.10. The Labute approximate surface area is 121 Å². The maximum Gasteiger partial charge on any atom is 0.243 e. The maximum atomic E-state index is 12.1. The van der Waals surface area contributed by atoms with Crippen LogP contribution in [0.3, 0.4) is 0 Å². The maximum absolute atomic E-state index is 12.1. The highest BCUT2D eigenvalue weighted by atomic mass is 79.9. The third kappa shape index (κ3) is 3.07. The zero-order valence-electron chi connectivity index (χ0n) is 10.8. The zero-order valence-corrected chi connectivity index (χ0v) is 12.4. The molecule has 0 radical (unpaired) electrons. The van der Waals surface area contributed by atoms with Crippen molar-refractivity contribution in [1.29, 1.82) is 5.26 Å². The van der Waals surface area contributed by atoms with Gasteiger partial charge in [0.25, 0.3) is 0 Å². The van der Waals surface area contributed by atoms with Gasteiger partial charge < -0.3 is 10.2 Å². The summed E-state index contributed by atoms with van der Waals surface area (Å²) in [7, 11) is 0. The van der Waals surface area contributed by atoms with Gasteiger partial charge in [0.1, 0.15) is 6.04 Å². The minimum Gasteiger partial charge on any atom is -0.356 e. The average Bonchev–Trinajstić information content (AvgIpc) is 2.52. The molecule has 1 aromatic carbocycles. The van der Waals surface area contributed by atoms with Crippen molar-refractivity contribution in [3.63, 3.8) is 0 Å². The fraction of sp³-hybridized carbons (Fsp3) is 0.429. The standard InChI is InChI=1S/C14H16BrN3O/c1-10-7-9-17-14(19)13(6-8-16)18(10)12-4-2-11(15)3-5-12/h2-5,10,13H,6-7,9H2,1H3,(H,17,19). The third-order valence-corrected chi connectivity index (χ3v) is 3.91. The number of amides is 1. The molecule has 1 heterocycles. The topological polar surface area (TPSA) is 56.1 Å². The van der Waals surface area contributed by atoms with Gasteiger partial charge in [0.2, 0.25) is 5.91 Å². The van der Waals surface area contributed by atoms with Gasteiger partial charge in [-0.05, 0) is 37.6 Å². The van der Waals surface area contributed by atoms with Gasteiger partial charge in [0, 0.05) is 22.7 Å². The molecule has 4 nitrogen and oxygen atoms in total. The smallest absolute Gasteiger partial charge is 0.243 e. The van der Waals surface area contributed by atoms with Crippen LogP contribution in [0.15, 0.2) is 28.7 Å². The number of anilines is 1. The number of hydrogen-bond donors (Lipinski definition) is 1. The molecule has 0 spiro atoms. The monoisotopic (exact) mass is 321 g/mol. The number of hydrogen-bond acceptors (Lipinski definition) is 3. The van der Waals surface area contributed by atoms with Gasteiger partial charge in [-0.25, -0.2) is 0 Å². The summed E-state index contributed by atoms with van der Waals surface area (Å²) in [6.07, 6.45) is 1.08. The lowest BCUT2D eigenvalue weighted by Gasteiger charge is -2.34. The molecule has 19 heavy (non-hydrogen) atoms. The molecule has 0 aliphatic carbocycles. The van der Waals surface area contributed by atoms with Crippen LogP contribution in [0.4, 0.5) is 5.69 Å². The molecule has 0 aromatic heterocycles. The molecule has 1 aliphatic heterocycles. The van der Waals surface area contributed by atoms with Crippen LogP contribution in [0.1, 0.15) is 19.8 Å². The first kappa shape index (κ1) is 13.9. The van der Waals surface area contributed by atoms with E-state index < -0.39 is 6.04 Å². The first-order valence-corrected chi connectivity index (χ1v) is 7.11. The van der Waals surface area contributed by atoms with Crippen LogP contribution in [0.2, 0.25) is 0 Å². The van der Waals surface area contributed by atoms with E-state index in [1.807, 2.05) is 24.3 Å². The van der Waals surface area contributed by atoms with Gasteiger partial charge in [-0.1, -0.05) is 15.9 Å². The van der Waals surface area contributed by atoms with Crippen molar-refractivity contribution in [2.75, 3.05) is 11.4 Å². The molecule has 2 unspecified atom stereocenters. The van der Waals surface area contributed by atoms with E-state index in [4.69, 9.17) is 5.26 Å². The average molecular weight is 322 g/mol. The minimum atomic E-state index is -0.413. The summed E-state index contributed by atoms with van der Waals surface area (Å²) in [4.78, 5) is 14.1. The summed E-state index contributed by atoms with van der Waals surface area (Å²) >= 11 is 3.41. The van der Waals surface area contributed by atoms with Gasteiger partial charge in [0.15, 0.2) is 0 Å². The molecule has 2 rings (SSSR count). The molecule has 5 heteroatoms. The summed E-state index contributed by atoms with van der Waals surface area (Å²) in [6.45, 7) is 2.75. The SMILES string of the molecule is CC1CCNC(=O)C(CC#N)N1c1ccc(Br)cc1. The molecule has 1 aromatic rings. The molecule has 100 valence electrons. The normalized spacial score (nSPS) is 23.4. The molecule has 1 aliphatic rings. The first-order valence-electron chi connectivity index (χ1n) is 6.32. The highest BCUT2D eigenvalue weighted by Crippen LogP contribution is 2.26. The molecule has 1 fully saturated rings. The van der Waals surface area contributed by atoms with Gasteiger partial charge in [0.05, 0.1) is 12.5 Å². The van der Waals surface area contributed by atoms with Crippen molar-refractivity contribution in [2.24, 2.45) is 0 Å². The number of nitrogens with one attached hydrogen (secondary N) is 1. The second kappa shape index (κ2) is 6.07. The molecular formula is C14H16BrN3O. The highest BCUT2D eigenvalue weighted by Gasteiger charge is 2.32. The summed E-state index contributed by atoms with van der Waals surface area (Å²) in [5.74, 6) is -0.0613. The number of benzene rings is 1. The third-order valence-electron chi connectivity index (χ3n) is 3.38. The van der Waals surface area contributed by atoms with Crippen LogP contribution in [-0.4, -0.2) is 24.5 Å². The van der Waals surface area contributed by atoms with Crippen molar-refractivity contribution in [3.8, 4) is 6.07 Å². The second-order valence-corrected chi connectivity index (χ2v) is 5.61. The molecule has 1 saturated heterocycles. The Bertz CT molecular complexity index is 494. The van der Waals surface area contributed by atoms with Crippen LogP contribution >= 0.6 is 15.9 Å². The Kier molecular flexibility index (Phi) is 4.43. The van der Waals surface area contributed by atoms with E-state index in [9.17, 15) is 4.79 Å². The Morgan fingerprint density at radius 1 is 1.47 bits per heavy atom. The summed E-state index contributed by atoms with van der Waals surface area (Å²) in [5.41, 5.74) is 0.980. The van der Waals surface area contributed by atoms with Crippen molar-refractivity contribution in [1.82, 2.24) is 5.32 Å². The molecule has 1 N–H and O–H groups in total. The second-order valence-electron chi connectivity index (χ2n) is 4.69. The lowest BCUT2D eigenvalue weighted by molar-refractivity contribution is -0.122. The van der Waals surface area contributed by atoms with Crippen LogP contribution in [0, 0.1) is 11.3 Å². The number of carbonyl (C=O) groups excluding carboxylic acids is 1. The number of carbonyl (C=O) groups is 1. The summed E-state index contributed by atoms with van der Waals surface area (Å²) in [6, 6.07) is 9.78. The predicted octanol–water partition coefficient (Wildman–Crippen LogP) is 2.45. The molecule has 0 saturated carbocycles. The largest absolute Gasteiger partial charge is 0.356 e. The quantitative estimate of drug-likeness (QED) is 0.910. The first-order chi connectivity index (χ1) is 9.13. The fourth-order valence-electron chi connectivity index (χ4n) is 2.42. The Morgan fingerprint density at radius 3 is 2.79 bits per heavy atom. The van der Waals surface area contributed by atoms with E-state index in [1.165, 1.54) is 0 Å². The van der Waals surface area contributed by atoms with E-state index in [-0.39, 0.29) is 18.4 Å². The van der Waals surface area contributed by atoms with Crippen molar-refractivity contribution < 1.29 is 4.79 Å². The van der Waals surface area contributed by atoms with Gasteiger partial charge in [-0.2, -0.15) is 5.26 Å². The van der Waals surface area contributed by atoms with E-state index >= 15 is 0 Å². The van der Waals surface area contributed by atoms with Crippen molar-refractivity contribution in [3.05, 3.63) is 28.7 Å². The van der Waals surface area contributed by atoms with E-state index in [1.54, 1.807) is 0 Å². The zero-order chi connectivity index (χ0) is 13.8. The molecular weight excluding hydrogens is 306 g/mol. The van der Waals surface area contributed by atoms with Gasteiger partial charge in [-0.15, -0.1) is 0 Å². The lowest BCUT2D eigenvalue weighted by atomic mass is 10.1. The van der Waals surface area contributed by atoms with Crippen LogP contribution < -0.4 is 10.2 Å². The number of nitriles is 1. The minimum absolute atomic E-state index is 0.0613. The number of halogens is 1.